The van der Waals surface area contributed by atoms with Crippen molar-refractivity contribution in [3.63, 3.8) is 0 Å². The SMILES string of the molecule is CNCc1coc2c(Br)ccc(F)c12. The largest absolute Gasteiger partial charge is 0.463 e. The fourth-order valence-corrected chi connectivity index (χ4v) is 1.88. The van der Waals surface area contributed by atoms with Crippen LogP contribution in [0.2, 0.25) is 0 Å². The highest BCUT2D eigenvalue weighted by atomic mass is 79.9. The monoisotopic (exact) mass is 257 g/mol. The van der Waals surface area contributed by atoms with E-state index in [1.54, 1.807) is 12.3 Å². The first-order valence-electron chi connectivity index (χ1n) is 4.22. The number of benzene rings is 1. The highest BCUT2D eigenvalue weighted by Crippen LogP contribution is 2.30. The first kappa shape index (κ1) is 9.68. The van der Waals surface area contributed by atoms with Crippen molar-refractivity contribution in [2.45, 2.75) is 6.54 Å². The molecule has 0 radical (unpaired) electrons. The minimum atomic E-state index is -0.248. The molecule has 0 atom stereocenters. The number of nitrogens with one attached hydrogen (secondary N) is 1. The fraction of sp³-hybridized carbons (Fsp3) is 0.200. The molecular formula is C10H9BrFNO. The van der Waals surface area contributed by atoms with Gasteiger partial charge in [0.25, 0.3) is 0 Å². The smallest absolute Gasteiger partial charge is 0.151 e. The van der Waals surface area contributed by atoms with Crippen molar-refractivity contribution in [3.8, 4) is 0 Å². The van der Waals surface area contributed by atoms with E-state index in [0.717, 1.165) is 10.0 Å². The van der Waals surface area contributed by atoms with Gasteiger partial charge in [0.2, 0.25) is 0 Å². The highest BCUT2D eigenvalue weighted by molar-refractivity contribution is 9.10. The molecule has 0 spiro atoms. The zero-order valence-electron chi connectivity index (χ0n) is 7.60. The molecule has 0 aliphatic carbocycles. The van der Waals surface area contributed by atoms with Gasteiger partial charge in [0.1, 0.15) is 5.82 Å². The van der Waals surface area contributed by atoms with E-state index < -0.39 is 0 Å². The minimum absolute atomic E-state index is 0.248. The first-order chi connectivity index (χ1) is 6.74. The molecule has 1 heterocycles. The van der Waals surface area contributed by atoms with Gasteiger partial charge in [-0.25, -0.2) is 4.39 Å². The third-order valence-corrected chi connectivity index (χ3v) is 2.69. The molecule has 4 heteroatoms. The van der Waals surface area contributed by atoms with Crippen molar-refractivity contribution in [2.24, 2.45) is 0 Å². The zero-order valence-corrected chi connectivity index (χ0v) is 9.19. The summed E-state index contributed by atoms with van der Waals surface area (Å²) in [5, 5.41) is 3.52. The standard InChI is InChI=1S/C10H9BrFNO/c1-13-4-6-5-14-10-7(11)2-3-8(12)9(6)10/h2-3,5,13H,4H2,1H3. The summed E-state index contributed by atoms with van der Waals surface area (Å²) < 4.78 is 19.5. The van der Waals surface area contributed by atoms with Gasteiger partial charge in [0.05, 0.1) is 16.1 Å². The molecule has 0 aliphatic heterocycles. The summed E-state index contributed by atoms with van der Waals surface area (Å²) in [7, 11) is 1.81. The Morgan fingerprint density at radius 1 is 1.50 bits per heavy atom. The van der Waals surface area contributed by atoms with E-state index in [-0.39, 0.29) is 5.82 Å². The molecule has 1 aromatic carbocycles. The highest BCUT2D eigenvalue weighted by Gasteiger charge is 2.12. The van der Waals surface area contributed by atoms with Crippen molar-refractivity contribution >= 4 is 26.9 Å². The molecule has 14 heavy (non-hydrogen) atoms. The van der Waals surface area contributed by atoms with Crippen LogP contribution in [0, 0.1) is 5.82 Å². The maximum atomic E-state index is 13.5. The Hall–Kier alpha value is -0.870. The third-order valence-electron chi connectivity index (χ3n) is 2.07. The van der Waals surface area contributed by atoms with Crippen molar-refractivity contribution in [1.29, 1.82) is 0 Å². The topological polar surface area (TPSA) is 25.2 Å². The average molecular weight is 258 g/mol. The van der Waals surface area contributed by atoms with Gasteiger partial charge in [0.15, 0.2) is 5.58 Å². The van der Waals surface area contributed by atoms with E-state index in [9.17, 15) is 4.39 Å². The Morgan fingerprint density at radius 2 is 2.29 bits per heavy atom. The van der Waals surface area contributed by atoms with E-state index in [4.69, 9.17) is 4.42 Å². The minimum Gasteiger partial charge on any atom is -0.463 e. The Kier molecular flexibility index (Phi) is 2.56. The summed E-state index contributed by atoms with van der Waals surface area (Å²) in [6.07, 6.45) is 1.58. The second kappa shape index (κ2) is 3.71. The van der Waals surface area contributed by atoms with E-state index in [1.165, 1.54) is 6.07 Å². The summed E-state index contributed by atoms with van der Waals surface area (Å²) in [5.41, 5.74) is 1.40. The lowest BCUT2D eigenvalue weighted by molar-refractivity contribution is 0.603. The lowest BCUT2D eigenvalue weighted by Crippen LogP contribution is -2.04. The van der Waals surface area contributed by atoms with E-state index in [0.29, 0.717) is 17.5 Å². The van der Waals surface area contributed by atoms with Crippen LogP contribution in [-0.4, -0.2) is 7.05 Å². The van der Waals surface area contributed by atoms with Gasteiger partial charge in [-0.2, -0.15) is 0 Å². The lowest BCUT2D eigenvalue weighted by atomic mass is 10.1. The predicted molar refractivity (Wildman–Crippen MR) is 56.6 cm³/mol. The van der Waals surface area contributed by atoms with Crippen LogP contribution in [0.5, 0.6) is 0 Å². The summed E-state index contributed by atoms with van der Waals surface area (Å²) >= 11 is 3.31. The van der Waals surface area contributed by atoms with Crippen molar-refractivity contribution in [1.82, 2.24) is 5.32 Å². The second-order valence-electron chi connectivity index (χ2n) is 3.02. The van der Waals surface area contributed by atoms with Gasteiger partial charge >= 0.3 is 0 Å². The van der Waals surface area contributed by atoms with Gasteiger partial charge in [0, 0.05) is 12.1 Å². The molecule has 2 nitrogen and oxygen atoms in total. The summed E-state index contributed by atoms with van der Waals surface area (Å²) in [6.45, 7) is 0.598. The van der Waals surface area contributed by atoms with Crippen LogP contribution in [0.3, 0.4) is 0 Å². The number of furan rings is 1. The number of hydrogen-bond donors (Lipinski definition) is 1. The van der Waals surface area contributed by atoms with Crippen LogP contribution >= 0.6 is 15.9 Å². The molecule has 2 rings (SSSR count). The van der Waals surface area contributed by atoms with Crippen molar-refractivity contribution < 1.29 is 8.81 Å². The lowest BCUT2D eigenvalue weighted by Gasteiger charge is -1.98. The molecule has 0 amide bonds. The molecule has 1 aromatic heterocycles. The zero-order chi connectivity index (χ0) is 10.1. The van der Waals surface area contributed by atoms with Gasteiger partial charge in [-0.1, -0.05) is 0 Å². The van der Waals surface area contributed by atoms with Crippen LogP contribution in [0.25, 0.3) is 11.0 Å². The van der Waals surface area contributed by atoms with Gasteiger partial charge in [-0.3, -0.25) is 0 Å². The van der Waals surface area contributed by atoms with E-state index >= 15 is 0 Å². The molecular weight excluding hydrogens is 249 g/mol. The van der Waals surface area contributed by atoms with Crippen LogP contribution in [0.1, 0.15) is 5.56 Å². The van der Waals surface area contributed by atoms with Gasteiger partial charge < -0.3 is 9.73 Å². The predicted octanol–water partition coefficient (Wildman–Crippen LogP) is 3.05. The summed E-state index contributed by atoms with van der Waals surface area (Å²) in [5.74, 6) is -0.248. The van der Waals surface area contributed by atoms with E-state index in [2.05, 4.69) is 21.2 Å². The molecule has 2 aromatic rings. The van der Waals surface area contributed by atoms with Crippen LogP contribution in [-0.2, 0) is 6.54 Å². The molecule has 0 fully saturated rings. The van der Waals surface area contributed by atoms with Crippen molar-refractivity contribution in [3.05, 3.63) is 34.2 Å². The quantitative estimate of drug-likeness (QED) is 0.895. The summed E-state index contributed by atoms with van der Waals surface area (Å²) in [6, 6.07) is 3.07. The third kappa shape index (κ3) is 1.44. The van der Waals surface area contributed by atoms with Crippen molar-refractivity contribution in [2.75, 3.05) is 7.05 Å². The molecule has 1 N–H and O–H groups in total. The second-order valence-corrected chi connectivity index (χ2v) is 3.88. The van der Waals surface area contributed by atoms with Crippen LogP contribution in [0.4, 0.5) is 4.39 Å². The fourth-order valence-electron chi connectivity index (χ4n) is 1.46. The maximum absolute atomic E-state index is 13.5. The van der Waals surface area contributed by atoms with E-state index in [1.807, 2.05) is 7.05 Å². The molecule has 0 saturated carbocycles. The number of rotatable bonds is 2. The molecule has 74 valence electrons. The maximum Gasteiger partial charge on any atom is 0.151 e. The van der Waals surface area contributed by atoms with Crippen LogP contribution < -0.4 is 5.32 Å². The van der Waals surface area contributed by atoms with Crippen LogP contribution in [0.15, 0.2) is 27.3 Å². The number of fused-ring (bicyclic) bond motifs is 1. The normalized spacial score (nSPS) is 11.1. The Morgan fingerprint density at radius 3 is 3.00 bits per heavy atom. The summed E-state index contributed by atoms with van der Waals surface area (Å²) in [4.78, 5) is 0. The Balaban J connectivity index is 2.70. The van der Waals surface area contributed by atoms with Gasteiger partial charge in [-0.05, 0) is 35.1 Å². The molecule has 0 aliphatic rings. The number of hydrogen-bond acceptors (Lipinski definition) is 2. The molecule has 0 saturated heterocycles. The number of halogens is 2. The Bertz CT molecular complexity index is 466. The average Bonchev–Trinajstić information content (AvgIpc) is 2.58. The first-order valence-corrected chi connectivity index (χ1v) is 5.02. The Labute approximate surface area is 89.2 Å². The molecule has 0 bridgehead atoms. The molecule has 0 unspecified atom stereocenters. The van der Waals surface area contributed by atoms with Gasteiger partial charge in [-0.15, -0.1) is 0 Å².